The van der Waals surface area contributed by atoms with Gasteiger partial charge in [0.2, 0.25) is 0 Å². The van der Waals surface area contributed by atoms with E-state index in [0.717, 1.165) is 17.4 Å². The number of hydrogen-bond donors (Lipinski definition) is 0. The third-order valence-electron chi connectivity index (χ3n) is 2.51. The van der Waals surface area contributed by atoms with E-state index in [1.807, 2.05) is 0 Å². The van der Waals surface area contributed by atoms with Gasteiger partial charge in [0.15, 0.2) is 15.6 Å². The van der Waals surface area contributed by atoms with Crippen LogP contribution in [0.2, 0.25) is 8.67 Å². The van der Waals surface area contributed by atoms with Gasteiger partial charge in [0, 0.05) is 5.56 Å². The molecule has 1 aromatic carbocycles. The predicted octanol–water partition coefficient (Wildman–Crippen LogP) is 3.99. The molecular formula is C12H6Cl2F2O3S2. The average Bonchev–Trinajstić information content (AvgIpc) is 2.71. The summed E-state index contributed by atoms with van der Waals surface area (Å²) in [5.74, 6) is -3.91. The molecule has 0 bridgehead atoms. The number of carbonyl (C=O) groups excluding carboxylic acids is 1. The van der Waals surface area contributed by atoms with E-state index in [4.69, 9.17) is 23.2 Å². The Kier molecular flexibility index (Phi) is 4.67. The van der Waals surface area contributed by atoms with Gasteiger partial charge in [-0.1, -0.05) is 23.2 Å². The van der Waals surface area contributed by atoms with Crippen molar-refractivity contribution in [2.75, 3.05) is 5.75 Å². The van der Waals surface area contributed by atoms with Gasteiger partial charge >= 0.3 is 0 Å². The van der Waals surface area contributed by atoms with Crippen LogP contribution < -0.4 is 0 Å². The molecule has 0 spiro atoms. The van der Waals surface area contributed by atoms with Crippen LogP contribution in [0.1, 0.15) is 10.4 Å². The fourth-order valence-corrected chi connectivity index (χ4v) is 4.39. The summed E-state index contributed by atoms with van der Waals surface area (Å²) in [5, 5.41) is 0. The molecule has 112 valence electrons. The molecule has 1 heterocycles. The number of hydrogen-bond acceptors (Lipinski definition) is 4. The lowest BCUT2D eigenvalue weighted by Crippen LogP contribution is -2.17. The van der Waals surface area contributed by atoms with Crippen LogP contribution in [0, 0.1) is 11.6 Å². The minimum atomic E-state index is -4.33. The molecule has 0 aliphatic carbocycles. The second-order valence-corrected chi connectivity index (χ2v) is 8.24. The van der Waals surface area contributed by atoms with E-state index in [1.54, 1.807) is 0 Å². The highest BCUT2D eigenvalue weighted by Gasteiger charge is 2.26. The normalized spacial score (nSPS) is 11.6. The third kappa shape index (κ3) is 3.60. The van der Waals surface area contributed by atoms with Crippen molar-refractivity contribution in [3.05, 3.63) is 50.1 Å². The largest absolute Gasteiger partial charge is 0.293 e. The number of thiophene rings is 1. The van der Waals surface area contributed by atoms with Gasteiger partial charge in [-0.3, -0.25) is 4.79 Å². The van der Waals surface area contributed by atoms with Gasteiger partial charge in [0.1, 0.15) is 26.6 Å². The monoisotopic (exact) mass is 370 g/mol. The number of ketones is 1. The molecule has 21 heavy (non-hydrogen) atoms. The van der Waals surface area contributed by atoms with Crippen molar-refractivity contribution in [2.24, 2.45) is 0 Å². The molecule has 0 aliphatic heterocycles. The first-order valence-electron chi connectivity index (χ1n) is 5.36. The summed E-state index contributed by atoms with van der Waals surface area (Å²) in [6.45, 7) is 0. The highest BCUT2D eigenvalue weighted by molar-refractivity contribution is 7.92. The van der Waals surface area contributed by atoms with E-state index in [9.17, 15) is 22.0 Å². The molecule has 3 nitrogen and oxygen atoms in total. The van der Waals surface area contributed by atoms with E-state index in [0.29, 0.717) is 12.1 Å². The first-order valence-corrected chi connectivity index (χ1v) is 8.59. The Balaban J connectivity index is 2.35. The van der Waals surface area contributed by atoms with Gasteiger partial charge in [-0.25, -0.2) is 17.2 Å². The Hall–Kier alpha value is -1.02. The minimum Gasteiger partial charge on any atom is -0.293 e. The molecule has 2 rings (SSSR count). The fraction of sp³-hybridized carbons (Fsp3) is 0.0833. The van der Waals surface area contributed by atoms with Crippen molar-refractivity contribution >= 4 is 50.2 Å². The van der Waals surface area contributed by atoms with Gasteiger partial charge in [-0.15, -0.1) is 11.3 Å². The minimum absolute atomic E-state index is 0.0416. The maximum atomic E-state index is 13.5. The Morgan fingerprint density at radius 3 is 2.43 bits per heavy atom. The number of Topliss-reactive ketones (excluding diaryl/α,β-unsaturated/α-hetero) is 1. The first-order chi connectivity index (χ1) is 9.70. The second kappa shape index (κ2) is 6.00. The molecule has 9 heteroatoms. The fourth-order valence-electron chi connectivity index (χ4n) is 1.57. The lowest BCUT2D eigenvalue weighted by molar-refractivity contribution is 0.102. The van der Waals surface area contributed by atoms with Crippen LogP contribution in [0.4, 0.5) is 8.78 Å². The lowest BCUT2D eigenvalue weighted by Gasteiger charge is -2.05. The summed E-state index contributed by atoms with van der Waals surface area (Å²) in [4.78, 5) is 11.1. The van der Waals surface area contributed by atoms with Crippen LogP contribution >= 0.6 is 34.5 Å². The summed E-state index contributed by atoms with van der Waals surface area (Å²) >= 11 is 12.3. The van der Waals surface area contributed by atoms with Crippen molar-refractivity contribution in [1.29, 1.82) is 0 Å². The molecule has 0 unspecified atom stereocenters. The summed E-state index contributed by atoms with van der Waals surface area (Å²) in [7, 11) is -4.33. The van der Waals surface area contributed by atoms with Gasteiger partial charge in [0.05, 0.1) is 4.34 Å². The first kappa shape index (κ1) is 16.4. The van der Waals surface area contributed by atoms with Crippen LogP contribution in [-0.4, -0.2) is 20.0 Å². The van der Waals surface area contributed by atoms with E-state index in [1.165, 1.54) is 6.07 Å². The molecule has 0 N–H and O–H groups in total. The summed E-state index contributed by atoms with van der Waals surface area (Å²) < 4.78 is 50.8. The maximum Gasteiger partial charge on any atom is 0.188 e. The number of carbonyl (C=O) groups is 1. The molecule has 0 saturated heterocycles. The third-order valence-corrected chi connectivity index (χ3v) is 5.62. The van der Waals surface area contributed by atoms with Crippen molar-refractivity contribution in [3.8, 4) is 0 Å². The Bertz CT molecular complexity index is 816. The SMILES string of the molecule is O=C(CS(=O)(=O)c1cc(F)ccc1F)c1cc(Cl)sc1Cl. The summed E-state index contributed by atoms with van der Waals surface area (Å²) in [6.07, 6.45) is 0. The van der Waals surface area contributed by atoms with Crippen LogP contribution in [0.15, 0.2) is 29.2 Å². The van der Waals surface area contributed by atoms with Gasteiger partial charge in [-0.2, -0.15) is 0 Å². The van der Waals surface area contributed by atoms with Crippen LogP contribution in [0.3, 0.4) is 0 Å². The van der Waals surface area contributed by atoms with E-state index >= 15 is 0 Å². The number of sulfone groups is 1. The number of rotatable bonds is 4. The van der Waals surface area contributed by atoms with E-state index < -0.39 is 37.9 Å². The van der Waals surface area contributed by atoms with Gasteiger partial charge in [-0.05, 0) is 24.3 Å². The standard InChI is InChI=1S/C12H6Cl2F2O3S2/c13-11-4-7(12(14)20-11)9(17)5-21(18,19)10-3-6(15)1-2-8(10)16/h1-4H,5H2. The van der Waals surface area contributed by atoms with Crippen LogP contribution in [0.25, 0.3) is 0 Å². The van der Waals surface area contributed by atoms with E-state index in [-0.39, 0.29) is 14.2 Å². The van der Waals surface area contributed by atoms with Crippen molar-refractivity contribution in [3.63, 3.8) is 0 Å². The second-order valence-electron chi connectivity index (χ2n) is 3.99. The molecule has 0 amide bonds. The average molecular weight is 371 g/mol. The highest BCUT2D eigenvalue weighted by Crippen LogP contribution is 2.32. The Labute approximate surface area is 133 Å². The Morgan fingerprint density at radius 1 is 1.19 bits per heavy atom. The van der Waals surface area contributed by atoms with Crippen LogP contribution in [-0.2, 0) is 9.84 Å². The number of halogens is 4. The predicted molar refractivity (Wildman–Crippen MR) is 77.1 cm³/mol. The van der Waals surface area contributed by atoms with E-state index in [2.05, 4.69) is 0 Å². The Morgan fingerprint density at radius 2 is 1.86 bits per heavy atom. The highest BCUT2D eigenvalue weighted by atomic mass is 35.5. The van der Waals surface area contributed by atoms with Crippen molar-refractivity contribution in [1.82, 2.24) is 0 Å². The zero-order chi connectivity index (χ0) is 15.8. The number of benzene rings is 1. The molecular weight excluding hydrogens is 365 g/mol. The van der Waals surface area contributed by atoms with Gasteiger partial charge < -0.3 is 0 Å². The molecule has 0 saturated carbocycles. The molecule has 0 aliphatic rings. The molecule has 0 radical (unpaired) electrons. The maximum absolute atomic E-state index is 13.5. The quantitative estimate of drug-likeness (QED) is 0.764. The molecule has 2 aromatic rings. The molecule has 1 aromatic heterocycles. The zero-order valence-electron chi connectivity index (χ0n) is 10.1. The zero-order valence-corrected chi connectivity index (χ0v) is 13.2. The smallest absolute Gasteiger partial charge is 0.188 e. The summed E-state index contributed by atoms with van der Waals surface area (Å²) in [6, 6.07) is 3.22. The summed E-state index contributed by atoms with van der Waals surface area (Å²) in [5.41, 5.74) is -0.0629. The van der Waals surface area contributed by atoms with Crippen molar-refractivity contribution < 1.29 is 22.0 Å². The van der Waals surface area contributed by atoms with Gasteiger partial charge in [0.25, 0.3) is 0 Å². The topological polar surface area (TPSA) is 51.2 Å². The molecule has 0 atom stereocenters. The molecule has 0 fully saturated rings. The van der Waals surface area contributed by atoms with Crippen LogP contribution in [0.5, 0.6) is 0 Å². The van der Waals surface area contributed by atoms with Crippen molar-refractivity contribution in [2.45, 2.75) is 4.90 Å². The lowest BCUT2D eigenvalue weighted by atomic mass is 10.2.